The Balaban J connectivity index is 1.30. The van der Waals surface area contributed by atoms with Crippen molar-refractivity contribution in [2.24, 2.45) is 23.2 Å². The Bertz CT molecular complexity index is 620. The second kappa shape index (κ2) is 6.47. The SMILES string of the molecule is CN(C(=O)CCNC(=O)C12CC3CC(CC(C3)C1)C2)c1ccccc1. The summed E-state index contributed by atoms with van der Waals surface area (Å²) in [4.78, 5) is 26.9. The van der Waals surface area contributed by atoms with Gasteiger partial charge < -0.3 is 10.2 Å². The van der Waals surface area contributed by atoms with Gasteiger partial charge in [-0.2, -0.15) is 0 Å². The largest absolute Gasteiger partial charge is 0.355 e. The fourth-order valence-electron chi connectivity index (χ4n) is 5.82. The van der Waals surface area contributed by atoms with Crippen LogP contribution < -0.4 is 10.2 Å². The Morgan fingerprint density at radius 3 is 2.16 bits per heavy atom. The number of carbonyl (C=O) groups is 2. The minimum Gasteiger partial charge on any atom is -0.355 e. The summed E-state index contributed by atoms with van der Waals surface area (Å²) in [5.74, 6) is 2.55. The zero-order valence-corrected chi connectivity index (χ0v) is 15.0. The van der Waals surface area contributed by atoms with Gasteiger partial charge in [0.2, 0.25) is 11.8 Å². The van der Waals surface area contributed by atoms with Crippen molar-refractivity contribution in [2.45, 2.75) is 44.9 Å². The monoisotopic (exact) mass is 340 g/mol. The molecule has 4 saturated carbocycles. The number of nitrogens with zero attached hydrogens (tertiary/aromatic N) is 1. The summed E-state index contributed by atoms with van der Waals surface area (Å²) >= 11 is 0. The molecule has 4 bridgehead atoms. The maximum Gasteiger partial charge on any atom is 0.228 e. The summed E-state index contributed by atoms with van der Waals surface area (Å²) in [7, 11) is 1.79. The molecule has 0 heterocycles. The number of para-hydroxylation sites is 1. The molecule has 5 rings (SSSR count). The standard InChI is InChI=1S/C21H28N2O2/c1-23(18-5-3-2-4-6-18)19(24)7-8-22-20(25)21-12-15-9-16(13-21)11-17(10-15)14-21/h2-6,15-17H,7-14H2,1H3,(H,22,25). The topological polar surface area (TPSA) is 49.4 Å². The number of amides is 2. The lowest BCUT2D eigenvalue weighted by Gasteiger charge is -2.55. The van der Waals surface area contributed by atoms with Gasteiger partial charge >= 0.3 is 0 Å². The van der Waals surface area contributed by atoms with Crippen molar-refractivity contribution in [3.8, 4) is 0 Å². The van der Waals surface area contributed by atoms with Gasteiger partial charge in [-0.25, -0.2) is 0 Å². The van der Waals surface area contributed by atoms with Gasteiger partial charge in [0.05, 0.1) is 0 Å². The zero-order valence-electron chi connectivity index (χ0n) is 15.0. The Morgan fingerprint density at radius 1 is 1.04 bits per heavy atom. The lowest BCUT2D eigenvalue weighted by Crippen LogP contribution is -2.53. The van der Waals surface area contributed by atoms with Crippen molar-refractivity contribution in [3.63, 3.8) is 0 Å². The van der Waals surface area contributed by atoms with E-state index in [4.69, 9.17) is 0 Å². The fourth-order valence-corrected chi connectivity index (χ4v) is 5.82. The first kappa shape index (κ1) is 16.6. The fraction of sp³-hybridized carbons (Fsp3) is 0.619. The quantitative estimate of drug-likeness (QED) is 0.893. The van der Waals surface area contributed by atoms with E-state index in [-0.39, 0.29) is 17.2 Å². The van der Waals surface area contributed by atoms with Crippen LogP contribution in [0.1, 0.15) is 44.9 Å². The van der Waals surface area contributed by atoms with Crippen LogP contribution in [0.3, 0.4) is 0 Å². The van der Waals surface area contributed by atoms with Crippen molar-refractivity contribution in [1.29, 1.82) is 0 Å². The predicted molar refractivity (Wildman–Crippen MR) is 98.1 cm³/mol. The molecule has 4 aliphatic rings. The number of hydrogen-bond donors (Lipinski definition) is 1. The van der Waals surface area contributed by atoms with Gasteiger partial charge in [0.25, 0.3) is 0 Å². The third-order valence-corrected chi connectivity index (χ3v) is 6.66. The number of rotatable bonds is 5. The van der Waals surface area contributed by atoms with Gasteiger partial charge in [-0.3, -0.25) is 9.59 Å². The zero-order chi connectivity index (χ0) is 17.4. The average Bonchev–Trinajstić information content (AvgIpc) is 2.60. The molecule has 1 aromatic rings. The summed E-state index contributed by atoms with van der Waals surface area (Å²) < 4.78 is 0. The van der Waals surface area contributed by atoms with Crippen LogP contribution in [0.2, 0.25) is 0 Å². The Kier molecular flexibility index (Phi) is 4.30. The Morgan fingerprint density at radius 2 is 1.60 bits per heavy atom. The molecule has 0 atom stereocenters. The van der Waals surface area contributed by atoms with Gasteiger partial charge in [0.15, 0.2) is 0 Å². The van der Waals surface area contributed by atoms with E-state index in [0.29, 0.717) is 13.0 Å². The van der Waals surface area contributed by atoms with Crippen LogP contribution in [0, 0.1) is 23.2 Å². The summed E-state index contributed by atoms with van der Waals surface area (Å²) in [5, 5.41) is 3.09. The van der Waals surface area contributed by atoms with Crippen molar-refractivity contribution in [2.75, 3.05) is 18.5 Å². The number of nitrogens with one attached hydrogen (secondary N) is 1. The molecule has 0 aromatic heterocycles. The summed E-state index contributed by atoms with van der Waals surface area (Å²) in [5.41, 5.74) is 0.767. The van der Waals surface area contributed by atoms with Crippen LogP contribution in [0.4, 0.5) is 5.69 Å². The van der Waals surface area contributed by atoms with Crippen molar-refractivity contribution >= 4 is 17.5 Å². The van der Waals surface area contributed by atoms with Gasteiger partial charge in [-0.1, -0.05) is 18.2 Å². The van der Waals surface area contributed by atoms with E-state index in [1.807, 2.05) is 30.3 Å². The molecule has 25 heavy (non-hydrogen) atoms. The summed E-state index contributed by atoms with van der Waals surface area (Å²) in [6, 6.07) is 9.63. The third kappa shape index (κ3) is 3.19. The van der Waals surface area contributed by atoms with Crippen LogP contribution in [-0.4, -0.2) is 25.4 Å². The second-order valence-corrected chi connectivity index (χ2v) is 8.49. The van der Waals surface area contributed by atoms with Crippen LogP contribution >= 0.6 is 0 Å². The lowest BCUT2D eigenvalue weighted by atomic mass is 9.49. The van der Waals surface area contributed by atoms with Crippen LogP contribution in [0.5, 0.6) is 0 Å². The van der Waals surface area contributed by atoms with Gasteiger partial charge in [-0.15, -0.1) is 0 Å². The highest BCUT2D eigenvalue weighted by molar-refractivity contribution is 5.93. The first-order valence-electron chi connectivity index (χ1n) is 9.66. The first-order chi connectivity index (χ1) is 12.1. The maximum absolute atomic E-state index is 12.9. The van der Waals surface area contributed by atoms with E-state index in [1.54, 1.807) is 11.9 Å². The van der Waals surface area contributed by atoms with Crippen LogP contribution in [-0.2, 0) is 9.59 Å². The van der Waals surface area contributed by atoms with Crippen molar-refractivity contribution in [1.82, 2.24) is 5.32 Å². The molecule has 0 saturated heterocycles. The van der Waals surface area contributed by atoms with Gasteiger partial charge in [0.1, 0.15) is 0 Å². The number of benzene rings is 1. The molecule has 0 spiro atoms. The molecular weight excluding hydrogens is 312 g/mol. The van der Waals surface area contributed by atoms with Gasteiger partial charge in [-0.05, 0) is 68.4 Å². The van der Waals surface area contributed by atoms with Crippen LogP contribution in [0.25, 0.3) is 0 Å². The Hall–Kier alpha value is -1.84. The number of carbonyl (C=O) groups excluding carboxylic acids is 2. The summed E-state index contributed by atoms with van der Waals surface area (Å²) in [6.45, 7) is 0.441. The van der Waals surface area contributed by atoms with E-state index in [0.717, 1.165) is 42.7 Å². The molecule has 0 unspecified atom stereocenters. The van der Waals surface area contributed by atoms with E-state index < -0.39 is 0 Å². The lowest BCUT2D eigenvalue weighted by molar-refractivity contribution is -0.146. The average molecular weight is 340 g/mol. The normalized spacial score (nSPS) is 32.4. The number of hydrogen-bond acceptors (Lipinski definition) is 2. The molecule has 4 heteroatoms. The van der Waals surface area contributed by atoms with E-state index in [2.05, 4.69) is 5.32 Å². The molecule has 4 nitrogen and oxygen atoms in total. The second-order valence-electron chi connectivity index (χ2n) is 8.49. The minimum absolute atomic E-state index is 0.0389. The van der Waals surface area contributed by atoms with E-state index in [9.17, 15) is 9.59 Å². The molecule has 4 fully saturated rings. The van der Waals surface area contributed by atoms with Gasteiger partial charge in [0, 0.05) is 31.1 Å². The molecule has 4 aliphatic carbocycles. The molecule has 2 amide bonds. The molecule has 1 N–H and O–H groups in total. The van der Waals surface area contributed by atoms with E-state index in [1.165, 1.54) is 19.3 Å². The minimum atomic E-state index is -0.122. The highest BCUT2D eigenvalue weighted by atomic mass is 16.2. The van der Waals surface area contributed by atoms with E-state index >= 15 is 0 Å². The van der Waals surface area contributed by atoms with Crippen molar-refractivity contribution in [3.05, 3.63) is 30.3 Å². The predicted octanol–water partition coefficient (Wildman–Crippen LogP) is 3.37. The molecule has 0 radical (unpaired) electrons. The smallest absolute Gasteiger partial charge is 0.228 e. The molecule has 1 aromatic carbocycles. The molecule has 0 aliphatic heterocycles. The summed E-state index contributed by atoms with van der Waals surface area (Å²) in [6.07, 6.45) is 7.59. The molecular formula is C21H28N2O2. The third-order valence-electron chi connectivity index (χ3n) is 6.66. The molecule has 134 valence electrons. The first-order valence-corrected chi connectivity index (χ1v) is 9.66. The van der Waals surface area contributed by atoms with Crippen LogP contribution in [0.15, 0.2) is 30.3 Å². The highest BCUT2D eigenvalue weighted by Gasteiger charge is 2.54. The number of anilines is 1. The van der Waals surface area contributed by atoms with Crippen molar-refractivity contribution < 1.29 is 9.59 Å². The maximum atomic E-state index is 12.9. The highest BCUT2D eigenvalue weighted by Crippen LogP contribution is 2.60. The Labute approximate surface area is 150 Å².